The van der Waals surface area contributed by atoms with E-state index < -0.39 is 11.7 Å². The number of rotatable bonds is 5. The van der Waals surface area contributed by atoms with Crippen LogP contribution >= 0.6 is 0 Å². The van der Waals surface area contributed by atoms with Crippen LogP contribution in [0.15, 0.2) is 36.4 Å². The van der Waals surface area contributed by atoms with Gasteiger partial charge in [-0.05, 0) is 25.3 Å². The number of ether oxygens (including phenoxy) is 1. The van der Waals surface area contributed by atoms with Gasteiger partial charge < -0.3 is 15.6 Å². The molecule has 1 fully saturated rings. The molecular weight excluding hydrogens is 278 g/mol. The number of carbonyl (C=O) groups excluding carboxylic acids is 1. The third kappa shape index (κ3) is 4.10. The normalized spacial score (nSPS) is 19.5. The summed E-state index contributed by atoms with van der Waals surface area (Å²) in [6.45, 7) is 2.04. The molecule has 0 aromatic heterocycles. The van der Waals surface area contributed by atoms with E-state index in [4.69, 9.17) is 10.5 Å². The van der Waals surface area contributed by atoms with Crippen molar-refractivity contribution in [2.75, 3.05) is 0 Å². The van der Waals surface area contributed by atoms with E-state index in [1.807, 2.05) is 43.3 Å². The van der Waals surface area contributed by atoms with Gasteiger partial charge in [-0.2, -0.15) is 0 Å². The highest BCUT2D eigenvalue weighted by atomic mass is 16.5. The Hall–Kier alpha value is -1.81. The van der Waals surface area contributed by atoms with Gasteiger partial charge in [0.1, 0.15) is 5.76 Å². The van der Waals surface area contributed by atoms with Gasteiger partial charge in [-0.1, -0.05) is 56.5 Å². The summed E-state index contributed by atoms with van der Waals surface area (Å²) in [5, 5.41) is 10.9. The van der Waals surface area contributed by atoms with E-state index in [1.165, 1.54) is 6.42 Å². The Morgan fingerprint density at radius 1 is 1.32 bits per heavy atom. The Morgan fingerprint density at radius 3 is 2.50 bits per heavy atom. The minimum Gasteiger partial charge on any atom is -0.410 e. The number of aliphatic hydroxyl groups is 1. The van der Waals surface area contributed by atoms with Gasteiger partial charge in [0.15, 0.2) is 0 Å². The highest BCUT2D eigenvalue weighted by molar-refractivity contribution is 5.75. The second-order valence-corrected chi connectivity index (χ2v) is 6.00. The molecule has 0 saturated heterocycles. The zero-order valence-corrected chi connectivity index (χ0v) is 13.1. The fourth-order valence-electron chi connectivity index (χ4n) is 3.27. The van der Waals surface area contributed by atoms with Gasteiger partial charge in [0.25, 0.3) is 0 Å². The molecule has 0 bridgehead atoms. The van der Waals surface area contributed by atoms with E-state index in [0.29, 0.717) is 5.76 Å². The third-order valence-electron chi connectivity index (χ3n) is 4.47. The maximum Gasteiger partial charge on any atom is 0.409 e. The SMILES string of the molecule is CC[C@H](/C=C(\OC(N)=O)c1ccccc1)C1(O)CCCCC1. The number of primary amides is 1. The molecule has 0 aliphatic heterocycles. The Balaban J connectivity index is 2.31. The fourth-order valence-corrected chi connectivity index (χ4v) is 3.27. The van der Waals surface area contributed by atoms with Gasteiger partial charge in [0.2, 0.25) is 0 Å². The maximum absolute atomic E-state index is 11.2. The molecule has 1 saturated carbocycles. The minimum atomic E-state index is -0.833. The van der Waals surface area contributed by atoms with Crippen molar-refractivity contribution in [3.8, 4) is 0 Å². The average Bonchev–Trinajstić information content (AvgIpc) is 2.52. The van der Waals surface area contributed by atoms with Gasteiger partial charge in [0, 0.05) is 11.5 Å². The molecule has 22 heavy (non-hydrogen) atoms. The first-order valence-electron chi connectivity index (χ1n) is 8.02. The Bertz CT molecular complexity index is 518. The number of nitrogens with two attached hydrogens (primary N) is 1. The zero-order valence-electron chi connectivity index (χ0n) is 13.1. The molecule has 0 heterocycles. The molecular formula is C18H25NO3. The van der Waals surface area contributed by atoms with Crippen LogP contribution < -0.4 is 5.73 Å². The predicted octanol–water partition coefficient (Wildman–Crippen LogP) is 3.84. The highest BCUT2D eigenvalue weighted by Gasteiger charge is 2.36. The highest BCUT2D eigenvalue weighted by Crippen LogP contribution is 2.38. The molecule has 4 heteroatoms. The second kappa shape index (κ2) is 7.45. The minimum absolute atomic E-state index is 0.0534. The molecule has 120 valence electrons. The molecule has 0 radical (unpaired) electrons. The summed E-state index contributed by atoms with van der Waals surface area (Å²) in [7, 11) is 0. The second-order valence-electron chi connectivity index (χ2n) is 6.00. The first kappa shape index (κ1) is 16.6. The van der Waals surface area contributed by atoms with Crippen molar-refractivity contribution in [1.82, 2.24) is 0 Å². The van der Waals surface area contributed by atoms with Crippen LogP contribution in [0.3, 0.4) is 0 Å². The van der Waals surface area contributed by atoms with Crippen LogP contribution in [0.4, 0.5) is 4.79 Å². The molecule has 1 aliphatic carbocycles. The van der Waals surface area contributed by atoms with Crippen LogP contribution in [0.1, 0.15) is 51.0 Å². The molecule has 1 aromatic carbocycles. The van der Waals surface area contributed by atoms with Crippen LogP contribution in [0, 0.1) is 5.92 Å². The summed E-state index contributed by atoms with van der Waals surface area (Å²) in [6.07, 6.45) is 6.66. The Labute approximate surface area is 132 Å². The van der Waals surface area contributed by atoms with Crippen molar-refractivity contribution >= 4 is 11.9 Å². The molecule has 0 spiro atoms. The number of carbonyl (C=O) groups is 1. The Kier molecular flexibility index (Phi) is 5.61. The largest absolute Gasteiger partial charge is 0.410 e. The van der Waals surface area contributed by atoms with Crippen LogP contribution in [-0.2, 0) is 4.74 Å². The number of amides is 1. The molecule has 1 atom stereocenters. The molecule has 1 amide bonds. The van der Waals surface area contributed by atoms with E-state index in [0.717, 1.165) is 37.7 Å². The summed E-state index contributed by atoms with van der Waals surface area (Å²) in [6, 6.07) is 9.39. The summed E-state index contributed by atoms with van der Waals surface area (Å²) in [5.41, 5.74) is 5.27. The third-order valence-corrected chi connectivity index (χ3v) is 4.47. The molecule has 1 aromatic rings. The van der Waals surface area contributed by atoms with Crippen molar-refractivity contribution in [3.05, 3.63) is 42.0 Å². The van der Waals surface area contributed by atoms with Gasteiger partial charge in [-0.15, -0.1) is 0 Å². The van der Waals surface area contributed by atoms with Gasteiger partial charge >= 0.3 is 6.09 Å². The van der Waals surface area contributed by atoms with Gasteiger partial charge in [-0.3, -0.25) is 0 Å². The van der Waals surface area contributed by atoms with E-state index in [-0.39, 0.29) is 5.92 Å². The summed E-state index contributed by atoms with van der Waals surface area (Å²) in [4.78, 5) is 11.2. The maximum atomic E-state index is 11.2. The lowest BCUT2D eigenvalue weighted by atomic mass is 9.74. The Morgan fingerprint density at radius 2 is 1.95 bits per heavy atom. The smallest absolute Gasteiger partial charge is 0.409 e. The first-order valence-corrected chi connectivity index (χ1v) is 8.02. The monoisotopic (exact) mass is 303 g/mol. The van der Waals surface area contributed by atoms with Gasteiger partial charge in [0.05, 0.1) is 5.60 Å². The van der Waals surface area contributed by atoms with Crippen molar-refractivity contribution in [2.45, 2.75) is 51.0 Å². The van der Waals surface area contributed by atoms with E-state index in [9.17, 15) is 9.90 Å². The van der Waals surface area contributed by atoms with Crippen LogP contribution in [-0.4, -0.2) is 16.8 Å². The van der Waals surface area contributed by atoms with Crippen LogP contribution in [0.5, 0.6) is 0 Å². The first-order chi connectivity index (χ1) is 10.5. The molecule has 0 unspecified atom stereocenters. The molecule has 1 aliphatic rings. The topological polar surface area (TPSA) is 72.5 Å². The summed E-state index contributed by atoms with van der Waals surface area (Å²) >= 11 is 0. The number of hydrogen-bond acceptors (Lipinski definition) is 3. The van der Waals surface area contributed by atoms with Gasteiger partial charge in [-0.25, -0.2) is 4.79 Å². The van der Waals surface area contributed by atoms with E-state index in [2.05, 4.69) is 0 Å². The number of hydrogen-bond donors (Lipinski definition) is 2. The lowest BCUT2D eigenvalue weighted by Gasteiger charge is -2.37. The average molecular weight is 303 g/mol. The zero-order chi connectivity index (χ0) is 16.0. The van der Waals surface area contributed by atoms with Crippen LogP contribution in [0.25, 0.3) is 5.76 Å². The molecule has 4 nitrogen and oxygen atoms in total. The van der Waals surface area contributed by atoms with Crippen molar-refractivity contribution in [1.29, 1.82) is 0 Å². The van der Waals surface area contributed by atoms with Crippen molar-refractivity contribution in [3.63, 3.8) is 0 Å². The predicted molar refractivity (Wildman–Crippen MR) is 86.9 cm³/mol. The van der Waals surface area contributed by atoms with Crippen LogP contribution in [0.2, 0.25) is 0 Å². The summed E-state index contributed by atoms with van der Waals surface area (Å²) < 4.78 is 5.19. The van der Waals surface area contributed by atoms with E-state index in [1.54, 1.807) is 0 Å². The molecule has 3 N–H and O–H groups in total. The quantitative estimate of drug-likeness (QED) is 0.812. The van der Waals surface area contributed by atoms with Crippen molar-refractivity contribution < 1.29 is 14.6 Å². The number of benzene rings is 1. The molecule has 2 rings (SSSR count). The van der Waals surface area contributed by atoms with E-state index >= 15 is 0 Å². The lowest BCUT2D eigenvalue weighted by molar-refractivity contribution is -0.0343. The standard InChI is InChI=1S/C18H25NO3/c1-2-15(18(21)11-7-4-8-12-18)13-16(22-17(19)20)14-9-5-3-6-10-14/h3,5-6,9-10,13,15,21H,2,4,7-8,11-12H2,1H3,(H2,19,20)/b16-13-/t15-/m1/s1. The fraction of sp³-hybridized carbons (Fsp3) is 0.500. The lowest BCUT2D eigenvalue weighted by Crippen LogP contribution is -2.39. The van der Waals surface area contributed by atoms with Crippen molar-refractivity contribution in [2.24, 2.45) is 11.7 Å². The summed E-state index contributed by atoms with van der Waals surface area (Å²) in [5.74, 6) is 0.376.